The van der Waals surface area contributed by atoms with Crippen LogP contribution < -0.4 is 0 Å². The van der Waals surface area contributed by atoms with Gasteiger partial charge in [-0.3, -0.25) is 0 Å². The molecule has 0 radical (unpaired) electrons. The van der Waals surface area contributed by atoms with E-state index in [-0.39, 0.29) is 0 Å². The van der Waals surface area contributed by atoms with Crippen molar-refractivity contribution in [3.8, 4) is 28.4 Å². The fraction of sp³-hybridized carbons (Fsp3) is 0. The summed E-state index contributed by atoms with van der Waals surface area (Å²) in [5, 5.41) is 23.6. The Labute approximate surface area is 651 Å². The van der Waals surface area contributed by atoms with Gasteiger partial charge in [-0.15, -0.1) is 45.3 Å². The van der Waals surface area contributed by atoms with Crippen molar-refractivity contribution in [2.24, 2.45) is 0 Å². The lowest BCUT2D eigenvalue weighted by molar-refractivity contribution is 1.17. The van der Waals surface area contributed by atoms with Gasteiger partial charge in [0.25, 0.3) is 0 Å². The number of hydrogen-bond donors (Lipinski definition) is 0. The molecule has 0 amide bonds. The highest BCUT2D eigenvalue weighted by atomic mass is 32.1. The van der Waals surface area contributed by atoms with Crippen LogP contribution in [0.2, 0.25) is 0 Å². The van der Waals surface area contributed by atoms with Gasteiger partial charge in [0, 0.05) is 154 Å². The van der Waals surface area contributed by atoms with E-state index < -0.39 is 0 Å². The molecule has 0 unspecified atom stereocenters. The summed E-state index contributed by atoms with van der Waals surface area (Å²) in [5.74, 6) is 0. The molecule has 9 aromatic heterocycles. The van der Waals surface area contributed by atoms with E-state index in [1.807, 2.05) is 45.3 Å². The second-order valence-electron chi connectivity index (χ2n) is 28.9. The zero-order valence-electron chi connectivity index (χ0n) is 59.6. The van der Waals surface area contributed by atoms with E-state index >= 15 is 0 Å². The normalized spacial score (nSPS) is 12.1. The van der Waals surface area contributed by atoms with E-state index in [1.165, 1.54) is 218 Å². The lowest BCUT2D eigenvalue weighted by Gasteiger charge is -2.10. The molecule has 0 aliphatic heterocycles. The molecule has 0 atom stereocenters. The summed E-state index contributed by atoms with van der Waals surface area (Å²) in [6.45, 7) is 0. The number of para-hydroxylation sites is 7. The van der Waals surface area contributed by atoms with E-state index in [0.717, 1.165) is 0 Å². The van der Waals surface area contributed by atoms with Crippen molar-refractivity contribution >= 4 is 235 Å². The Bertz CT molecular complexity index is 8350. The summed E-state index contributed by atoms with van der Waals surface area (Å²) < 4.78 is 22.9. The predicted molar refractivity (Wildman–Crippen MR) is 483 cm³/mol. The van der Waals surface area contributed by atoms with E-state index in [9.17, 15) is 0 Å². The molecule has 518 valence electrons. The molecule has 9 heteroatoms. The van der Waals surface area contributed by atoms with Gasteiger partial charge in [-0.05, 0) is 140 Å². The second-order valence-corrected chi connectivity index (χ2v) is 33.2. The molecule has 0 saturated heterocycles. The van der Waals surface area contributed by atoms with Gasteiger partial charge in [0.05, 0.1) is 64.6 Å². The molecule has 0 N–H and O–H groups in total. The van der Waals surface area contributed by atoms with Gasteiger partial charge >= 0.3 is 0 Å². The van der Waals surface area contributed by atoms with Gasteiger partial charge in [-0.25, -0.2) is 0 Å². The van der Waals surface area contributed by atoms with Crippen molar-refractivity contribution < 1.29 is 0 Å². The summed E-state index contributed by atoms with van der Waals surface area (Å²) in [4.78, 5) is 0. The first-order chi connectivity index (χ1) is 55.1. The molecule has 0 aliphatic carbocycles. The number of fused-ring (bicyclic) bond motifs is 30. The van der Waals surface area contributed by atoms with Crippen LogP contribution in [-0.4, -0.2) is 22.8 Å². The summed E-state index contributed by atoms with van der Waals surface area (Å²) in [6.07, 6.45) is 0. The van der Waals surface area contributed by atoms with E-state index in [1.54, 1.807) is 0 Å². The van der Waals surface area contributed by atoms with Crippen molar-refractivity contribution in [1.82, 2.24) is 22.8 Å². The maximum Gasteiger partial charge on any atom is 0.0719 e. The van der Waals surface area contributed by atoms with E-state index in [4.69, 9.17) is 0 Å². The third-order valence-electron chi connectivity index (χ3n) is 23.0. The number of hydrogen-bond acceptors (Lipinski definition) is 4. The SMILES string of the molecule is c1ccc(-n2c3ccccc3c3cc(-n4c5ccccc5c5c6sc7ccccc7c6ccc54)ccc32)cc1.c1ccc(-n2c3ccccc3c3cc(-n4c5ccccc5c5ccc6c7ccccc7sc6c54)ccc32)cc1.c1ccc2c(c1)sc1ccc(-n3c4ccccc4c4ccc5c6ccccc6sc5c43)cc12. The number of benzene rings is 17. The smallest absolute Gasteiger partial charge is 0.0719 e. The van der Waals surface area contributed by atoms with Crippen LogP contribution in [0.5, 0.6) is 0 Å². The monoisotopic (exact) mass is 1480 g/mol. The number of thiophene rings is 4. The van der Waals surface area contributed by atoms with Crippen molar-refractivity contribution in [3.63, 3.8) is 0 Å². The predicted octanol–water partition coefficient (Wildman–Crippen LogP) is 30.0. The lowest BCUT2D eigenvalue weighted by atomic mass is 10.1. The van der Waals surface area contributed by atoms with Crippen LogP contribution in [0.25, 0.3) is 218 Å². The molecule has 111 heavy (non-hydrogen) atoms. The summed E-state index contributed by atoms with van der Waals surface area (Å²) in [6, 6.07) is 135. The number of rotatable bonds is 5. The molecule has 9 heterocycles. The first-order valence-corrected chi connectivity index (χ1v) is 41.0. The fourth-order valence-corrected chi connectivity index (χ4v) is 23.1. The van der Waals surface area contributed by atoms with Gasteiger partial charge in [0.1, 0.15) is 0 Å². The quantitative estimate of drug-likeness (QED) is 0.164. The Hall–Kier alpha value is -13.4. The molecule has 17 aromatic carbocycles. The minimum absolute atomic E-state index is 1.18. The molecule has 0 fully saturated rings. The van der Waals surface area contributed by atoms with Gasteiger partial charge < -0.3 is 22.8 Å². The topological polar surface area (TPSA) is 24.6 Å². The maximum atomic E-state index is 2.48. The van der Waals surface area contributed by atoms with Crippen molar-refractivity contribution in [3.05, 3.63) is 370 Å². The zero-order chi connectivity index (χ0) is 72.5. The lowest BCUT2D eigenvalue weighted by Crippen LogP contribution is -1.95. The summed E-state index contributed by atoms with van der Waals surface area (Å²) >= 11 is 7.58. The molecular weight excluding hydrogens is 1420 g/mol. The third-order valence-corrected chi connectivity index (χ3v) is 27.8. The molecule has 5 nitrogen and oxygen atoms in total. The minimum atomic E-state index is 1.18. The van der Waals surface area contributed by atoms with Gasteiger partial charge in [-0.1, -0.05) is 231 Å². The van der Waals surface area contributed by atoms with Gasteiger partial charge in [-0.2, -0.15) is 0 Å². The second kappa shape index (κ2) is 24.6. The standard InChI is InChI=1S/2C36H22N2S.C30H17NS2/c1-2-10-23(11-3-1)37-31-15-7-5-13-26(31)30-22-24(18-21-33(30)37)38-32-16-8-4-12-25(32)28-19-20-29-27-14-6-9-17-34(27)39-36(29)35(28)38;1-2-10-23(11-3-1)37-30-15-7-4-12-25(30)29-22-24(18-20-32(29)37)38-31-16-8-5-14-28(31)35-33(38)21-19-27-26-13-6-9-17-34(26)39-36(27)35;1-4-10-25-19(7-1)22-14-15-23-20-8-2-6-12-27(20)33-30(23)29(22)31(25)18-13-16-28-24(17-18)21-9-3-5-11-26(21)32-28/h2*1-22H;1-17H. The van der Waals surface area contributed by atoms with Gasteiger partial charge in [0.15, 0.2) is 0 Å². The maximum absolute atomic E-state index is 2.48. The third kappa shape index (κ3) is 9.38. The van der Waals surface area contributed by atoms with Gasteiger partial charge in [0.2, 0.25) is 0 Å². The molecule has 0 aliphatic rings. The fourth-order valence-electron chi connectivity index (χ4n) is 18.3. The Morgan fingerprint density at radius 3 is 0.892 bits per heavy atom. The van der Waals surface area contributed by atoms with Crippen LogP contribution in [0.3, 0.4) is 0 Å². The van der Waals surface area contributed by atoms with Crippen LogP contribution in [0.15, 0.2) is 370 Å². The molecule has 0 saturated carbocycles. The van der Waals surface area contributed by atoms with Crippen LogP contribution >= 0.6 is 45.3 Å². The average molecular weight is 1480 g/mol. The average Bonchev–Trinajstić information content (AvgIpc) is 1.58. The summed E-state index contributed by atoms with van der Waals surface area (Å²) in [5.41, 5.74) is 18.5. The minimum Gasteiger partial charge on any atom is -0.309 e. The molecule has 26 aromatic rings. The first-order valence-electron chi connectivity index (χ1n) is 37.7. The summed E-state index contributed by atoms with van der Waals surface area (Å²) in [7, 11) is 0. The zero-order valence-corrected chi connectivity index (χ0v) is 62.9. The van der Waals surface area contributed by atoms with E-state index in [2.05, 4.69) is 393 Å². The van der Waals surface area contributed by atoms with Crippen LogP contribution in [-0.2, 0) is 0 Å². The highest BCUT2D eigenvalue weighted by Crippen LogP contribution is 2.49. The highest BCUT2D eigenvalue weighted by molar-refractivity contribution is 7.28. The van der Waals surface area contributed by atoms with Crippen molar-refractivity contribution in [2.75, 3.05) is 0 Å². The van der Waals surface area contributed by atoms with Crippen LogP contribution in [0.4, 0.5) is 0 Å². The molecule has 0 spiro atoms. The Morgan fingerprint density at radius 1 is 0.144 bits per heavy atom. The van der Waals surface area contributed by atoms with Crippen LogP contribution in [0, 0.1) is 0 Å². The Kier molecular flexibility index (Phi) is 13.9. The first kappa shape index (κ1) is 62.6. The van der Waals surface area contributed by atoms with E-state index in [0.29, 0.717) is 0 Å². The van der Waals surface area contributed by atoms with Crippen molar-refractivity contribution in [1.29, 1.82) is 0 Å². The molecule has 0 bridgehead atoms. The van der Waals surface area contributed by atoms with Crippen LogP contribution in [0.1, 0.15) is 0 Å². The highest BCUT2D eigenvalue weighted by Gasteiger charge is 2.24. The molecule has 26 rings (SSSR count). The van der Waals surface area contributed by atoms with Crippen molar-refractivity contribution in [2.45, 2.75) is 0 Å². The Balaban J connectivity index is 0.0000000975. The Morgan fingerprint density at radius 2 is 0.423 bits per heavy atom. The molecular formula is C102H61N5S4. The largest absolute Gasteiger partial charge is 0.309 e. The number of aromatic nitrogens is 5. The number of nitrogens with zero attached hydrogens (tertiary/aromatic N) is 5.